The number of carbonyl (C=O) groups is 1. The monoisotopic (exact) mass is 409 g/mol. The standard InChI is InChI=1S/C12H10BrF6NO3/c1-2-22-9(21)4-7-6(5-13)3-8(11(14,15)16)20-10(7)23-12(17,18)19/h3H,2,4-5H2,1H3. The first kappa shape index (κ1) is 19.5. The van der Waals surface area contributed by atoms with Crippen LogP contribution in [0.15, 0.2) is 6.07 Å². The fourth-order valence-corrected chi connectivity index (χ4v) is 2.10. The van der Waals surface area contributed by atoms with Gasteiger partial charge in [-0.2, -0.15) is 13.2 Å². The second kappa shape index (κ2) is 7.37. The fourth-order valence-electron chi connectivity index (χ4n) is 1.60. The second-order valence-corrected chi connectivity index (χ2v) is 4.67. The Morgan fingerprint density at radius 1 is 1.26 bits per heavy atom. The van der Waals surface area contributed by atoms with E-state index in [1.54, 1.807) is 0 Å². The van der Waals surface area contributed by atoms with E-state index in [4.69, 9.17) is 0 Å². The fraction of sp³-hybridized carbons (Fsp3) is 0.500. The summed E-state index contributed by atoms with van der Waals surface area (Å²) in [6, 6.07) is 0.548. The molecule has 0 aliphatic heterocycles. The normalized spacial score (nSPS) is 12.2. The molecule has 130 valence electrons. The van der Waals surface area contributed by atoms with Crippen molar-refractivity contribution in [3.05, 3.63) is 22.9 Å². The molecule has 0 bridgehead atoms. The van der Waals surface area contributed by atoms with Gasteiger partial charge in [-0.05, 0) is 18.6 Å². The van der Waals surface area contributed by atoms with Crippen LogP contribution in [-0.4, -0.2) is 23.9 Å². The third-order valence-corrected chi connectivity index (χ3v) is 3.06. The van der Waals surface area contributed by atoms with Crippen LogP contribution < -0.4 is 4.74 Å². The molecule has 1 aromatic heterocycles. The van der Waals surface area contributed by atoms with E-state index in [-0.39, 0.29) is 17.5 Å². The third kappa shape index (κ3) is 5.88. The number of halogens is 7. The minimum atomic E-state index is -5.26. The van der Waals surface area contributed by atoms with Crippen molar-refractivity contribution in [2.45, 2.75) is 31.2 Å². The molecule has 1 rings (SSSR count). The molecule has 0 aliphatic carbocycles. The number of ether oxygens (including phenoxy) is 2. The molecule has 0 amide bonds. The molecule has 4 nitrogen and oxygen atoms in total. The van der Waals surface area contributed by atoms with Crippen LogP contribution in [0, 0.1) is 0 Å². The molecule has 0 aromatic carbocycles. The second-order valence-electron chi connectivity index (χ2n) is 4.11. The maximum atomic E-state index is 12.7. The highest BCUT2D eigenvalue weighted by Gasteiger charge is 2.38. The zero-order chi connectivity index (χ0) is 17.8. The van der Waals surface area contributed by atoms with Crippen LogP contribution in [0.1, 0.15) is 23.7 Å². The van der Waals surface area contributed by atoms with Crippen molar-refractivity contribution in [2.24, 2.45) is 0 Å². The summed E-state index contributed by atoms with van der Waals surface area (Å²) < 4.78 is 83.5. The Hall–Kier alpha value is -1.52. The van der Waals surface area contributed by atoms with Crippen molar-refractivity contribution in [2.75, 3.05) is 6.61 Å². The van der Waals surface area contributed by atoms with Gasteiger partial charge < -0.3 is 9.47 Å². The highest BCUT2D eigenvalue weighted by atomic mass is 79.9. The van der Waals surface area contributed by atoms with E-state index in [0.29, 0.717) is 6.07 Å². The molecule has 1 aromatic rings. The zero-order valence-electron chi connectivity index (χ0n) is 11.5. The minimum absolute atomic E-state index is 0.0357. The zero-order valence-corrected chi connectivity index (χ0v) is 13.1. The molecular formula is C12H10BrF6NO3. The maximum Gasteiger partial charge on any atom is 0.574 e. The van der Waals surface area contributed by atoms with Crippen LogP contribution in [0.25, 0.3) is 0 Å². The van der Waals surface area contributed by atoms with Crippen LogP contribution >= 0.6 is 15.9 Å². The molecule has 0 N–H and O–H groups in total. The Balaban J connectivity index is 3.41. The predicted octanol–water partition coefficient (Wildman–Crippen LogP) is 4.00. The Morgan fingerprint density at radius 3 is 2.30 bits per heavy atom. The van der Waals surface area contributed by atoms with Crippen LogP contribution in [0.5, 0.6) is 5.88 Å². The Kier molecular flexibility index (Phi) is 6.25. The molecular weight excluding hydrogens is 400 g/mol. The highest BCUT2D eigenvalue weighted by molar-refractivity contribution is 9.08. The molecule has 0 unspecified atom stereocenters. The van der Waals surface area contributed by atoms with E-state index >= 15 is 0 Å². The highest BCUT2D eigenvalue weighted by Crippen LogP contribution is 2.35. The summed E-state index contributed by atoms with van der Waals surface area (Å²) in [5.74, 6) is -2.24. The van der Waals surface area contributed by atoms with Gasteiger partial charge in [-0.25, -0.2) is 4.98 Å². The molecule has 0 aliphatic rings. The Labute approximate surface area is 134 Å². The summed E-state index contributed by atoms with van der Waals surface area (Å²) >= 11 is 2.87. The molecule has 1 heterocycles. The molecule has 0 spiro atoms. The number of alkyl halides is 7. The SMILES string of the molecule is CCOC(=O)Cc1c(CBr)cc(C(F)(F)F)nc1OC(F)(F)F. The van der Waals surface area contributed by atoms with Crippen molar-refractivity contribution < 1.29 is 40.6 Å². The molecule has 0 saturated carbocycles. The maximum absolute atomic E-state index is 12.7. The number of hydrogen-bond donors (Lipinski definition) is 0. The average molecular weight is 410 g/mol. The lowest BCUT2D eigenvalue weighted by molar-refractivity contribution is -0.276. The summed E-state index contributed by atoms with van der Waals surface area (Å²) in [7, 11) is 0. The lowest BCUT2D eigenvalue weighted by Crippen LogP contribution is -2.22. The largest absolute Gasteiger partial charge is 0.574 e. The smallest absolute Gasteiger partial charge is 0.466 e. The van der Waals surface area contributed by atoms with Gasteiger partial charge >= 0.3 is 18.5 Å². The van der Waals surface area contributed by atoms with Crippen LogP contribution in [0.4, 0.5) is 26.3 Å². The van der Waals surface area contributed by atoms with Crippen molar-refractivity contribution in [3.63, 3.8) is 0 Å². The van der Waals surface area contributed by atoms with E-state index in [0.717, 1.165) is 0 Å². The van der Waals surface area contributed by atoms with E-state index in [2.05, 4.69) is 30.4 Å². The quantitative estimate of drug-likeness (QED) is 0.419. The summed E-state index contributed by atoms with van der Waals surface area (Å²) in [5.41, 5.74) is -2.19. The summed E-state index contributed by atoms with van der Waals surface area (Å²) in [6.07, 6.45) is -10.9. The molecule has 0 radical (unpaired) electrons. The number of carbonyl (C=O) groups excluding carboxylic acids is 1. The summed E-state index contributed by atoms with van der Waals surface area (Å²) in [4.78, 5) is 14.3. The van der Waals surface area contributed by atoms with Crippen molar-refractivity contribution in [1.29, 1.82) is 0 Å². The van der Waals surface area contributed by atoms with E-state index in [1.165, 1.54) is 6.92 Å². The average Bonchev–Trinajstić information content (AvgIpc) is 2.37. The number of nitrogens with zero attached hydrogens (tertiary/aromatic N) is 1. The Bertz CT molecular complexity index is 573. The lowest BCUT2D eigenvalue weighted by atomic mass is 10.1. The Morgan fingerprint density at radius 2 is 1.87 bits per heavy atom. The van der Waals surface area contributed by atoms with Crippen molar-refractivity contribution >= 4 is 21.9 Å². The topological polar surface area (TPSA) is 48.4 Å². The van der Waals surface area contributed by atoms with Gasteiger partial charge in [-0.3, -0.25) is 4.79 Å². The van der Waals surface area contributed by atoms with Gasteiger partial charge in [0.25, 0.3) is 0 Å². The van der Waals surface area contributed by atoms with Crippen molar-refractivity contribution in [3.8, 4) is 5.88 Å². The van der Waals surface area contributed by atoms with Gasteiger partial charge in [0, 0.05) is 10.9 Å². The molecule has 11 heteroatoms. The van der Waals surface area contributed by atoms with E-state index in [1.807, 2.05) is 0 Å². The number of aromatic nitrogens is 1. The van der Waals surface area contributed by atoms with Gasteiger partial charge in [-0.15, -0.1) is 13.2 Å². The van der Waals surface area contributed by atoms with Gasteiger partial charge in [0.05, 0.1) is 13.0 Å². The van der Waals surface area contributed by atoms with Gasteiger partial charge in [0.1, 0.15) is 5.69 Å². The minimum Gasteiger partial charge on any atom is -0.466 e. The number of rotatable bonds is 5. The van der Waals surface area contributed by atoms with Gasteiger partial charge in [-0.1, -0.05) is 15.9 Å². The van der Waals surface area contributed by atoms with Crippen LogP contribution in [0.3, 0.4) is 0 Å². The first-order valence-corrected chi connectivity index (χ1v) is 7.17. The third-order valence-electron chi connectivity index (χ3n) is 2.45. The lowest BCUT2D eigenvalue weighted by Gasteiger charge is -2.17. The predicted molar refractivity (Wildman–Crippen MR) is 68.9 cm³/mol. The molecule has 0 fully saturated rings. The summed E-state index contributed by atoms with van der Waals surface area (Å²) in [5, 5.41) is -0.235. The molecule has 23 heavy (non-hydrogen) atoms. The molecule has 0 saturated heterocycles. The van der Waals surface area contributed by atoms with E-state index in [9.17, 15) is 31.1 Å². The first-order chi connectivity index (χ1) is 10.5. The van der Waals surface area contributed by atoms with Crippen LogP contribution in [0.2, 0.25) is 0 Å². The van der Waals surface area contributed by atoms with Gasteiger partial charge in [0.15, 0.2) is 0 Å². The van der Waals surface area contributed by atoms with Gasteiger partial charge in [0.2, 0.25) is 5.88 Å². The van der Waals surface area contributed by atoms with Crippen molar-refractivity contribution in [1.82, 2.24) is 4.98 Å². The van der Waals surface area contributed by atoms with E-state index < -0.39 is 42.1 Å². The summed E-state index contributed by atoms with van der Waals surface area (Å²) in [6.45, 7) is 1.44. The number of hydrogen-bond acceptors (Lipinski definition) is 4. The first-order valence-electron chi connectivity index (χ1n) is 6.05. The molecule has 0 atom stereocenters. The number of pyridine rings is 1. The number of esters is 1. The van der Waals surface area contributed by atoms with Crippen LogP contribution in [-0.2, 0) is 27.5 Å².